The van der Waals surface area contributed by atoms with Crippen LogP contribution in [-0.2, 0) is 12.7 Å². The molecular formula is C15H10F3N3O2S. The molecule has 24 heavy (non-hydrogen) atoms. The Kier molecular flexibility index (Phi) is 4.34. The minimum atomic E-state index is -4.41. The van der Waals surface area contributed by atoms with Crippen molar-refractivity contribution < 1.29 is 22.5 Å². The number of alkyl halides is 3. The molecule has 0 bridgehead atoms. The minimum absolute atomic E-state index is 0.0463. The van der Waals surface area contributed by atoms with Gasteiger partial charge in [-0.1, -0.05) is 23.4 Å². The van der Waals surface area contributed by atoms with Crippen LogP contribution >= 0.6 is 11.3 Å². The summed E-state index contributed by atoms with van der Waals surface area (Å²) < 4.78 is 42.5. The molecule has 9 heteroatoms. The smallest absolute Gasteiger partial charge is 0.343 e. The summed E-state index contributed by atoms with van der Waals surface area (Å²) in [6.45, 7) is 0.328. The summed E-state index contributed by atoms with van der Waals surface area (Å²) in [5, 5.41) is 8.13. The number of carbonyl (C=O) groups is 1. The molecule has 0 radical (unpaired) electrons. The lowest BCUT2D eigenvalue weighted by Crippen LogP contribution is -2.22. The van der Waals surface area contributed by atoms with Crippen molar-refractivity contribution in [2.24, 2.45) is 0 Å². The van der Waals surface area contributed by atoms with Gasteiger partial charge in [0.2, 0.25) is 5.82 Å². The van der Waals surface area contributed by atoms with E-state index in [1.807, 2.05) is 17.5 Å². The highest BCUT2D eigenvalue weighted by Crippen LogP contribution is 2.30. The lowest BCUT2D eigenvalue weighted by molar-refractivity contribution is -0.137. The lowest BCUT2D eigenvalue weighted by Gasteiger charge is -2.05. The number of amides is 1. The average molecular weight is 353 g/mol. The zero-order valence-electron chi connectivity index (χ0n) is 12.0. The molecule has 1 N–H and O–H groups in total. The highest BCUT2D eigenvalue weighted by molar-refractivity contribution is 7.09. The molecule has 0 saturated carbocycles. The van der Waals surface area contributed by atoms with Gasteiger partial charge in [-0.15, -0.1) is 11.3 Å². The third-order valence-corrected chi connectivity index (χ3v) is 3.97. The number of hydrogen-bond donors (Lipinski definition) is 1. The molecule has 0 aliphatic carbocycles. The Hall–Kier alpha value is -2.68. The number of benzene rings is 1. The second kappa shape index (κ2) is 6.44. The summed E-state index contributed by atoms with van der Waals surface area (Å²) in [6.07, 6.45) is -4.41. The second-order valence-corrected chi connectivity index (χ2v) is 5.79. The zero-order valence-corrected chi connectivity index (χ0v) is 12.8. The molecule has 1 aromatic carbocycles. The minimum Gasteiger partial charge on any atom is -0.343 e. The van der Waals surface area contributed by atoms with Crippen molar-refractivity contribution in [2.75, 3.05) is 0 Å². The molecule has 124 valence electrons. The van der Waals surface area contributed by atoms with E-state index in [4.69, 9.17) is 4.52 Å². The topological polar surface area (TPSA) is 68.0 Å². The summed E-state index contributed by atoms with van der Waals surface area (Å²) >= 11 is 1.49. The maximum atomic E-state index is 12.5. The molecule has 0 saturated heterocycles. The van der Waals surface area contributed by atoms with Gasteiger partial charge in [0.15, 0.2) is 0 Å². The summed E-state index contributed by atoms with van der Waals surface area (Å²) in [5.41, 5.74) is -0.451. The number of nitrogens with one attached hydrogen (secondary N) is 1. The van der Waals surface area contributed by atoms with Crippen molar-refractivity contribution in [3.63, 3.8) is 0 Å². The van der Waals surface area contributed by atoms with Crippen LogP contribution in [0.5, 0.6) is 0 Å². The van der Waals surface area contributed by atoms with Gasteiger partial charge < -0.3 is 9.84 Å². The Morgan fingerprint density at radius 2 is 1.96 bits per heavy atom. The zero-order chi connectivity index (χ0) is 17.2. The van der Waals surface area contributed by atoms with Crippen LogP contribution in [0.25, 0.3) is 11.4 Å². The monoisotopic (exact) mass is 353 g/mol. The fourth-order valence-corrected chi connectivity index (χ4v) is 2.54. The molecular weight excluding hydrogens is 343 g/mol. The van der Waals surface area contributed by atoms with E-state index in [-0.39, 0.29) is 11.7 Å². The number of hydrogen-bond acceptors (Lipinski definition) is 5. The van der Waals surface area contributed by atoms with Gasteiger partial charge in [-0.25, -0.2) is 0 Å². The first-order valence-electron chi connectivity index (χ1n) is 6.75. The van der Waals surface area contributed by atoms with E-state index < -0.39 is 17.6 Å². The van der Waals surface area contributed by atoms with Crippen molar-refractivity contribution in [3.05, 3.63) is 58.1 Å². The van der Waals surface area contributed by atoms with Crippen LogP contribution in [0.1, 0.15) is 21.1 Å². The van der Waals surface area contributed by atoms with Crippen LogP contribution < -0.4 is 5.32 Å². The number of rotatable bonds is 4. The number of halogens is 3. The van der Waals surface area contributed by atoms with Crippen LogP contribution in [0.3, 0.4) is 0 Å². The molecule has 0 fully saturated rings. The van der Waals surface area contributed by atoms with Crippen molar-refractivity contribution in [2.45, 2.75) is 12.7 Å². The van der Waals surface area contributed by atoms with E-state index >= 15 is 0 Å². The van der Waals surface area contributed by atoms with E-state index in [0.29, 0.717) is 12.1 Å². The van der Waals surface area contributed by atoms with Crippen LogP contribution in [-0.4, -0.2) is 16.0 Å². The molecule has 5 nitrogen and oxygen atoms in total. The third-order valence-electron chi connectivity index (χ3n) is 3.09. The first-order chi connectivity index (χ1) is 11.4. The van der Waals surface area contributed by atoms with E-state index in [1.54, 1.807) is 0 Å². The van der Waals surface area contributed by atoms with Crippen molar-refractivity contribution >= 4 is 17.2 Å². The molecule has 3 rings (SSSR count). The SMILES string of the molecule is O=C(NCc1cccs1)c1nc(-c2ccc(C(F)(F)F)cc2)no1. The molecule has 3 aromatic rings. The maximum Gasteiger partial charge on any atom is 0.416 e. The van der Waals surface area contributed by atoms with Gasteiger partial charge in [-0.2, -0.15) is 18.2 Å². The predicted octanol–water partition coefficient (Wildman–Crippen LogP) is 3.75. The average Bonchev–Trinajstić information content (AvgIpc) is 3.23. The lowest BCUT2D eigenvalue weighted by atomic mass is 10.1. The van der Waals surface area contributed by atoms with Gasteiger partial charge in [0.1, 0.15) is 0 Å². The van der Waals surface area contributed by atoms with Gasteiger partial charge in [-0.3, -0.25) is 4.79 Å². The van der Waals surface area contributed by atoms with Crippen LogP contribution in [0.2, 0.25) is 0 Å². The Morgan fingerprint density at radius 3 is 2.58 bits per heavy atom. The Bertz CT molecular complexity index is 827. The van der Waals surface area contributed by atoms with Crippen molar-refractivity contribution in [3.8, 4) is 11.4 Å². The standard InChI is InChI=1S/C15H10F3N3O2S/c16-15(17,18)10-5-3-9(4-6-10)12-20-14(23-21-12)13(22)19-8-11-2-1-7-24-11/h1-7H,8H2,(H,19,22). The van der Waals surface area contributed by atoms with Gasteiger partial charge >= 0.3 is 18.0 Å². The Balaban J connectivity index is 1.69. The van der Waals surface area contributed by atoms with Crippen LogP contribution in [0.4, 0.5) is 13.2 Å². The van der Waals surface area contributed by atoms with Gasteiger partial charge in [0.25, 0.3) is 0 Å². The quantitative estimate of drug-likeness (QED) is 0.776. The van der Waals surface area contributed by atoms with E-state index in [0.717, 1.165) is 17.0 Å². The third kappa shape index (κ3) is 3.62. The van der Waals surface area contributed by atoms with Gasteiger partial charge in [0, 0.05) is 10.4 Å². The summed E-state index contributed by atoms with van der Waals surface area (Å²) in [6, 6.07) is 8.01. The van der Waals surface area contributed by atoms with Crippen LogP contribution in [0, 0.1) is 0 Å². The van der Waals surface area contributed by atoms with E-state index in [9.17, 15) is 18.0 Å². The Morgan fingerprint density at radius 1 is 1.21 bits per heavy atom. The van der Waals surface area contributed by atoms with Gasteiger partial charge in [0.05, 0.1) is 12.1 Å². The van der Waals surface area contributed by atoms with Crippen LogP contribution in [0.15, 0.2) is 46.3 Å². The highest BCUT2D eigenvalue weighted by atomic mass is 32.1. The number of carbonyl (C=O) groups excluding carboxylic acids is 1. The molecule has 0 atom stereocenters. The normalized spacial score (nSPS) is 11.5. The summed E-state index contributed by atoms with van der Waals surface area (Å²) in [5.74, 6) is -0.750. The fourth-order valence-electron chi connectivity index (χ4n) is 1.90. The fraction of sp³-hybridized carbons (Fsp3) is 0.133. The number of thiophene rings is 1. The molecule has 0 aliphatic heterocycles. The molecule has 0 unspecified atom stereocenters. The van der Waals surface area contributed by atoms with E-state index in [1.165, 1.54) is 23.5 Å². The predicted molar refractivity (Wildman–Crippen MR) is 80.2 cm³/mol. The molecule has 0 aliphatic rings. The molecule has 2 heterocycles. The maximum absolute atomic E-state index is 12.5. The number of nitrogens with zero attached hydrogens (tertiary/aromatic N) is 2. The second-order valence-electron chi connectivity index (χ2n) is 4.76. The largest absolute Gasteiger partial charge is 0.416 e. The Labute approximate surface area is 138 Å². The molecule has 1 amide bonds. The van der Waals surface area contributed by atoms with Crippen molar-refractivity contribution in [1.82, 2.24) is 15.5 Å². The first kappa shape index (κ1) is 16.2. The van der Waals surface area contributed by atoms with Gasteiger partial charge in [-0.05, 0) is 23.6 Å². The first-order valence-corrected chi connectivity index (χ1v) is 7.63. The van der Waals surface area contributed by atoms with Crippen molar-refractivity contribution in [1.29, 1.82) is 0 Å². The highest BCUT2D eigenvalue weighted by Gasteiger charge is 2.30. The number of aromatic nitrogens is 2. The molecule has 0 spiro atoms. The summed E-state index contributed by atoms with van der Waals surface area (Å²) in [7, 11) is 0. The molecule has 2 aromatic heterocycles. The summed E-state index contributed by atoms with van der Waals surface area (Å²) in [4.78, 5) is 16.8. The van der Waals surface area contributed by atoms with E-state index in [2.05, 4.69) is 15.5 Å².